The predicted octanol–water partition coefficient (Wildman–Crippen LogP) is -3.11. The molecule has 0 aliphatic carbocycles. The largest absolute Gasteiger partial charge is 1.00 e. The number of amides is 1. The summed E-state index contributed by atoms with van der Waals surface area (Å²) in [6.45, 7) is 11.5. The van der Waals surface area contributed by atoms with Crippen molar-refractivity contribution in [2.45, 2.75) is 66.5 Å². The van der Waals surface area contributed by atoms with Crippen LogP contribution >= 0.6 is 0 Å². The molecule has 1 aromatic heterocycles. The van der Waals surface area contributed by atoms with Gasteiger partial charge in [0.2, 0.25) is 5.66 Å². The zero-order valence-corrected chi connectivity index (χ0v) is 28.5. The summed E-state index contributed by atoms with van der Waals surface area (Å²) in [4.78, 5) is 37.5. The Kier molecular flexibility index (Phi) is 12.9. The van der Waals surface area contributed by atoms with E-state index in [1.807, 2.05) is 50.7 Å². The van der Waals surface area contributed by atoms with Crippen molar-refractivity contribution in [2.24, 2.45) is 11.8 Å². The number of methoxy groups -OCH3 is 1. The summed E-state index contributed by atoms with van der Waals surface area (Å²) in [5, 5.41) is 3.90. The summed E-state index contributed by atoms with van der Waals surface area (Å²) in [6.07, 6.45) is 6.56. The molecule has 2 aliphatic rings. The van der Waals surface area contributed by atoms with E-state index in [-0.39, 0.29) is 88.1 Å². The fourth-order valence-electron chi connectivity index (χ4n) is 6.09. The van der Waals surface area contributed by atoms with Gasteiger partial charge in [0, 0.05) is 25.7 Å². The number of carbonyl (C=O) groups excluding carboxylic acids is 3. The van der Waals surface area contributed by atoms with Crippen LogP contribution in [-0.4, -0.2) is 65.4 Å². The fourth-order valence-corrected chi connectivity index (χ4v) is 6.44. The number of ether oxygens (including phenoxy) is 1. The molecule has 0 aromatic carbocycles. The van der Waals surface area contributed by atoms with Crippen LogP contribution in [0.25, 0.3) is 11.6 Å². The first-order valence-electron chi connectivity index (χ1n) is 12.6. The number of carbonyl (C=O) groups is 2. The number of hydrogen-bond acceptors (Lipinski definition) is 7. The van der Waals surface area contributed by atoms with E-state index in [1.54, 1.807) is 6.92 Å². The van der Waals surface area contributed by atoms with Gasteiger partial charge in [0.25, 0.3) is 5.91 Å². The van der Waals surface area contributed by atoms with E-state index in [0.29, 0.717) is 28.5 Å². The molecule has 1 aromatic rings. The average molecular weight is 605 g/mol. The van der Waals surface area contributed by atoms with Crippen molar-refractivity contribution in [3.63, 3.8) is 0 Å². The van der Waals surface area contributed by atoms with Crippen molar-refractivity contribution in [2.75, 3.05) is 19.4 Å². The molecule has 2 atom stereocenters. The quantitative estimate of drug-likeness (QED) is 0.0776. The molecule has 0 radical (unpaired) electrons. The molecule has 1 amide bonds. The maximum atomic E-state index is 13.5. The molecule has 0 saturated heterocycles. The molecule has 0 spiro atoms. The number of hydrogen-bond donors (Lipinski definition) is 1. The van der Waals surface area contributed by atoms with Gasteiger partial charge in [-0.2, -0.15) is 11.0 Å². The third-order valence-corrected chi connectivity index (χ3v) is 8.31. The summed E-state index contributed by atoms with van der Waals surface area (Å²) in [5.41, 5.74) is 2.80. The molecular weight excluding hydrogens is 565 g/mol. The molecule has 0 unspecified atom stereocenters. The van der Waals surface area contributed by atoms with Crippen LogP contribution in [0.15, 0.2) is 11.8 Å². The maximum absolute atomic E-state index is 13.5. The first-order chi connectivity index (χ1) is 17.8. The van der Waals surface area contributed by atoms with Gasteiger partial charge >= 0.3 is 57.4 Å². The molecule has 3 rings (SSSR count). The molecule has 3 heterocycles. The Morgan fingerprint density at radius 2 is 1.88 bits per heavy atom. The second kappa shape index (κ2) is 14.1. The Hall–Kier alpha value is -1.45. The van der Waals surface area contributed by atoms with Gasteiger partial charge in [0.05, 0.1) is 57.7 Å². The summed E-state index contributed by atoms with van der Waals surface area (Å²) >= 11 is 0. The molecule has 0 saturated carbocycles. The molecule has 216 valence electrons. The summed E-state index contributed by atoms with van der Waals surface area (Å²) < 4.78 is 42.6. The van der Waals surface area contributed by atoms with Crippen LogP contribution in [0.1, 0.15) is 69.8 Å². The SMILES string of the molecule is C/C=C1/[C@@H](C)[C@H](CC[C-]=O)C2=[N+]1C(C)(C)n1c(c(C(=O)NCCS(=O)(=O)[O-])c(C)/c1=C/C)=C2CC(=O)OC.[K+].[OH3+]. The Balaban J connectivity index is 0.00000400. The van der Waals surface area contributed by atoms with Crippen molar-refractivity contribution < 1.29 is 93.5 Å². The van der Waals surface area contributed by atoms with Crippen LogP contribution in [0.4, 0.5) is 0 Å². The first-order valence-corrected chi connectivity index (χ1v) is 14.2. The summed E-state index contributed by atoms with van der Waals surface area (Å²) in [5.74, 6) is -1.82. The molecule has 0 fully saturated rings. The number of fused-ring (bicyclic) bond motifs is 1. The Morgan fingerprint density at radius 3 is 2.38 bits per heavy atom. The standard InChI is InChI=1S/C27H37N3O7S.K.H2O/c1-8-20-16(3)18(11-10-13-31)24-19(15-22(32)37-7)25-23(26(33)28-12-14-38(34,35)36)17(4)21(9-2)30(25)27(5,6)29(20)24;;/h8-9,16,18H,10-12,14-15H2,1-7H3,(H,28,33)(H,34,35,36);;1H2/q;+1;/b20-8-,21-9-;;/t16-,18-;;/m0../s1. The number of rotatable bonds is 9. The van der Waals surface area contributed by atoms with E-state index in [9.17, 15) is 27.4 Å². The number of nitrogens with one attached hydrogen (secondary N) is 1. The molecule has 2 aliphatic heterocycles. The minimum atomic E-state index is -4.51. The number of aromatic nitrogens is 1. The van der Waals surface area contributed by atoms with Gasteiger partial charge in [-0.25, -0.2) is 8.42 Å². The minimum absolute atomic E-state index is 0. The topological polar surface area (TPSA) is 171 Å². The van der Waals surface area contributed by atoms with Crippen molar-refractivity contribution >= 4 is 45.6 Å². The van der Waals surface area contributed by atoms with Gasteiger partial charge in [0.1, 0.15) is 0 Å². The van der Waals surface area contributed by atoms with E-state index in [0.717, 1.165) is 16.8 Å². The third-order valence-electron chi connectivity index (χ3n) is 7.61. The van der Waals surface area contributed by atoms with E-state index >= 15 is 0 Å². The smallest absolute Gasteiger partial charge is 0.748 e. The van der Waals surface area contributed by atoms with Gasteiger partial charge in [-0.3, -0.25) is 20.4 Å². The molecule has 0 bridgehead atoms. The third kappa shape index (κ3) is 6.62. The van der Waals surface area contributed by atoms with E-state index < -0.39 is 33.4 Å². The van der Waals surface area contributed by atoms with Crippen LogP contribution in [0.2, 0.25) is 0 Å². The maximum Gasteiger partial charge on any atom is 1.00 e. The van der Waals surface area contributed by atoms with Crippen molar-refractivity contribution in [1.29, 1.82) is 0 Å². The summed E-state index contributed by atoms with van der Waals surface area (Å²) in [6, 6.07) is 0. The van der Waals surface area contributed by atoms with Gasteiger partial charge in [-0.05, 0) is 32.4 Å². The normalized spacial score (nSPS) is 20.9. The molecule has 11 nitrogen and oxygen atoms in total. The second-order valence-electron chi connectivity index (χ2n) is 10.1. The molecule has 13 heteroatoms. The second-order valence-corrected chi connectivity index (χ2v) is 11.6. The Bertz CT molecular complexity index is 1470. The average Bonchev–Trinajstić information content (AvgIpc) is 3.31. The first kappa shape index (κ1) is 36.6. The van der Waals surface area contributed by atoms with Gasteiger partial charge in [-0.1, -0.05) is 19.4 Å². The molecule has 40 heavy (non-hydrogen) atoms. The zero-order chi connectivity index (χ0) is 28.6. The fraction of sp³-hybridized carbons (Fsp3) is 0.556. The van der Waals surface area contributed by atoms with E-state index in [1.165, 1.54) is 7.11 Å². The monoisotopic (exact) mass is 604 g/mol. The van der Waals surface area contributed by atoms with Crippen molar-refractivity contribution in [3.8, 4) is 0 Å². The molecule has 4 N–H and O–H groups in total. The van der Waals surface area contributed by atoms with Crippen LogP contribution in [-0.2, 0) is 35.6 Å². The van der Waals surface area contributed by atoms with E-state index in [4.69, 9.17) is 4.74 Å². The number of allylic oxidation sites excluding steroid dienone is 2. The zero-order valence-electron chi connectivity index (χ0n) is 24.6. The van der Waals surface area contributed by atoms with Gasteiger partial charge in [-0.15, -0.1) is 0 Å². The van der Waals surface area contributed by atoms with Crippen molar-refractivity contribution in [3.05, 3.63) is 33.6 Å². The molecular formula is C27H39KN3O8S+. The van der Waals surface area contributed by atoms with Crippen LogP contribution in [0, 0.1) is 18.8 Å². The number of esters is 1. The predicted molar refractivity (Wildman–Crippen MR) is 146 cm³/mol. The van der Waals surface area contributed by atoms with Crippen LogP contribution in [0.3, 0.4) is 0 Å². The van der Waals surface area contributed by atoms with Crippen LogP contribution < -0.4 is 67.4 Å². The Morgan fingerprint density at radius 1 is 1.25 bits per heavy atom. The Labute approximate surface area is 277 Å². The van der Waals surface area contributed by atoms with E-state index in [2.05, 4.69) is 16.8 Å². The number of nitrogens with zero attached hydrogens (tertiary/aromatic N) is 2. The van der Waals surface area contributed by atoms with Gasteiger partial charge < -0.3 is 24.9 Å². The van der Waals surface area contributed by atoms with Crippen LogP contribution in [0.5, 0.6) is 0 Å². The summed E-state index contributed by atoms with van der Waals surface area (Å²) in [7, 11) is -3.21. The van der Waals surface area contributed by atoms with Gasteiger partial charge in [0.15, 0.2) is 11.4 Å². The van der Waals surface area contributed by atoms with Crippen molar-refractivity contribution in [1.82, 2.24) is 9.88 Å². The minimum Gasteiger partial charge on any atom is -0.748 e.